The van der Waals surface area contributed by atoms with Crippen LogP contribution in [0.5, 0.6) is 0 Å². The van der Waals surface area contributed by atoms with Gasteiger partial charge in [-0.3, -0.25) is 0 Å². The predicted octanol–water partition coefficient (Wildman–Crippen LogP) is 9.24. The third kappa shape index (κ3) is 7.09. The standard InChI is InChI=1S/C32H51O3PSi2/c1-30(2,3)37(7,8)34-32(35-38(9,10)31(4,5)6)24-21-27(22-25-32)23-26-36(33,28-17-13-11-14-18-28)29-19-15-12-16-20-29/h11-20,23H,21-22,24-26H2,1-10H3. The van der Waals surface area contributed by atoms with Crippen LogP contribution >= 0.6 is 7.14 Å². The average Bonchev–Trinajstić information content (AvgIpc) is 2.82. The molecule has 0 atom stereocenters. The van der Waals surface area contributed by atoms with Gasteiger partial charge in [-0.1, -0.05) is 114 Å². The van der Waals surface area contributed by atoms with Gasteiger partial charge in [0.2, 0.25) is 0 Å². The number of benzene rings is 2. The van der Waals surface area contributed by atoms with Crippen LogP contribution in [0.3, 0.4) is 0 Å². The minimum atomic E-state index is -2.76. The van der Waals surface area contributed by atoms with E-state index in [1.54, 1.807) is 0 Å². The summed E-state index contributed by atoms with van der Waals surface area (Å²) in [4.78, 5) is 0. The lowest BCUT2D eigenvalue weighted by Gasteiger charge is -2.52. The van der Waals surface area contributed by atoms with Crippen molar-refractivity contribution in [3.05, 3.63) is 72.3 Å². The van der Waals surface area contributed by atoms with E-state index in [2.05, 4.69) is 73.8 Å². The molecule has 38 heavy (non-hydrogen) atoms. The fourth-order valence-corrected chi connectivity index (χ4v) is 10.2. The van der Waals surface area contributed by atoms with Crippen molar-refractivity contribution in [3.8, 4) is 0 Å². The molecule has 210 valence electrons. The summed E-state index contributed by atoms with van der Waals surface area (Å²) in [5, 5.41) is 2.09. The Balaban J connectivity index is 1.88. The molecule has 0 N–H and O–H groups in total. The van der Waals surface area contributed by atoms with Crippen LogP contribution in [0.1, 0.15) is 67.2 Å². The van der Waals surface area contributed by atoms with E-state index >= 15 is 0 Å². The molecule has 0 aliphatic heterocycles. The molecule has 1 fully saturated rings. The van der Waals surface area contributed by atoms with Crippen molar-refractivity contribution in [1.82, 2.24) is 0 Å². The fourth-order valence-electron chi connectivity index (χ4n) is 4.57. The Hall–Kier alpha value is -1.24. The van der Waals surface area contributed by atoms with Gasteiger partial charge in [-0.15, -0.1) is 0 Å². The minimum absolute atomic E-state index is 0.116. The highest BCUT2D eigenvalue weighted by atomic mass is 31.2. The van der Waals surface area contributed by atoms with E-state index < -0.39 is 29.6 Å². The molecule has 1 aliphatic carbocycles. The smallest absolute Gasteiger partial charge is 0.195 e. The Bertz CT molecular complexity index is 1060. The number of allylic oxidation sites excluding steroid dienone is 2. The SMILES string of the molecule is CC(C)(C)[Si](C)(C)OC1(O[Si](C)(C)C(C)(C)C)CCC(=CCP(=O)(c2ccccc2)c2ccccc2)CC1. The molecule has 0 unspecified atom stereocenters. The van der Waals surface area contributed by atoms with Gasteiger partial charge in [0.25, 0.3) is 0 Å². The van der Waals surface area contributed by atoms with E-state index in [0.717, 1.165) is 36.3 Å². The molecule has 3 rings (SSSR count). The van der Waals surface area contributed by atoms with Crippen molar-refractivity contribution in [2.24, 2.45) is 0 Å². The molecule has 1 saturated carbocycles. The zero-order valence-corrected chi connectivity index (χ0v) is 28.5. The highest BCUT2D eigenvalue weighted by Crippen LogP contribution is 2.49. The normalized spacial score (nSPS) is 17.4. The van der Waals surface area contributed by atoms with Gasteiger partial charge in [0.1, 0.15) is 12.9 Å². The lowest BCUT2D eigenvalue weighted by atomic mass is 9.90. The topological polar surface area (TPSA) is 35.5 Å². The highest BCUT2D eigenvalue weighted by Gasteiger charge is 2.51. The molecule has 0 saturated heterocycles. The quantitative estimate of drug-likeness (QED) is 0.137. The Morgan fingerprint density at radius 3 is 1.45 bits per heavy atom. The summed E-state index contributed by atoms with van der Waals surface area (Å²) in [6.45, 7) is 23.2. The summed E-state index contributed by atoms with van der Waals surface area (Å²) in [6.07, 6.45) is 6.39. The Labute approximate surface area is 235 Å². The lowest BCUT2D eigenvalue weighted by Crippen LogP contribution is -2.57. The van der Waals surface area contributed by atoms with Crippen LogP contribution in [-0.2, 0) is 13.4 Å². The maximum Gasteiger partial charge on any atom is 0.195 e. The first-order valence-electron chi connectivity index (χ1n) is 14.2. The number of hydrogen-bond acceptors (Lipinski definition) is 3. The second kappa shape index (κ2) is 11.3. The van der Waals surface area contributed by atoms with Gasteiger partial charge in [0, 0.05) is 29.6 Å². The van der Waals surface area contributed by atoms with Crippen molar-refractivity contribution in [1.29, 1.82) is 0 Å². The first-order chi connectivity index (χ1) is 17.4. The van der Waals surface area contributed by atoms with Crippen LogP contribution in [0, 0.1) is 0 Å². The summed E-state index contributed by atoms with van der Waals surface area (Å²) in [6, 6.07) is 20.0. The summed E-state index contributed by atoms with van der Waals surface area (Å²) in [5.41, 5.74) is 1.38. The molecule has 0 radical (unpaired) electrons. The van der Waals surface area contributed by atoms with Gasteiger partial charge in [0.05, 0.1) is 0 Å². The average molecular weight is 571 g/mol. The summed E-state index contributed by atoms with van der Waals surface area (Å²) >= 11 is 0. The van der Waals surface area contributed by atoms with Gasteiger partial charge >= 0.3 is 0 Å². The van der Waals surface area contributed by atoms with E-state index in [1.165, 1.54) is 5.57 Å². The van der Waals surface area contributed by atoms with E-state index in [-0.39, 0.29) is 10.1 Å². The lowest BCUT2D eigenvalue weighted by molar-refractivity contribution is -0.149. The Morgan fingerprint density at radius 1 is 0.737 bits per heavy atom. The third-order valence-electron chi connectivity index (χ3n) is 9.13. The van der Waals surface area contributed by atoms with Crippen molar-refractivity contribution in [3.63, 3.8) is 0 Å². The number of hydrogen-bond donors (Lipinski definition) is 0. The molecular weight excluding hydrogens is 519 g/mol. The molecule has 0 heterocycles. The Morgan fingerprint density at radius 2 is 1.11 bits per heavy atom. The molecular formula is C32H51O3PSi2. The van der Waals surface area contributed by atoms with E-state index in [9.17, 15) is 4.57 Å². The largest absolute Gasteiger partial charge is 0.391 e. The zero-order chi connectivity index (χ0) is 28.5. The maximum absolute atomic E-state index is 14.5. The molecule has 6 heteroatoms. The van der Waals surface area contributed by atoms with Gasteiger partial charge in [-0.25, -0.2) is 0 Å². The van der Waals surface area contributed by atoms with Gasteiger partial charge in [-0.2, -0.15) is 0 Å². The molecule has 0 spiro atoms. The highest BCUT2D eigenvalue weighted by molar-refractivity contribution is 7.78. The third-order valence-corrected chi connectivity index (χ3v) is 21.1. The van der Waals surface area contributed by atoms with Gasteiger partial charge in [0.15, 0.2) is 16.6 Å². The van der Waals surface area contributed by atoms with Crippen molar-refractivity contribution >= 4 is 34.4 Å². The zero-order valence-electron chi connectivity index (χ0n) is 25.6. The van der Waals surface area contributed by atoms with E-state index in [1.807, 2.05) is 60.7 Å². The molecule has 3 nitrogen and oxygen atoms in total. The summed E-state index contributed by atoms with van der Waals surface area (Å²) < 4.78 is 28.8. The van der Waals surface area contributed by atoms with Crippen LogP contribution in [0.25, 0.3) is 0 Å². The van der Waals surface area contributed by atoms with Crippen LogP contribution in [0.2, 0.25) is 36.3 Å². The molecule has 1 aliphatic rings. The van der Waals surface area contributed by atoms with Gasteiger partial charge < -0.3 is 13.4 Å². The number of rotatable bonds is 8. The predicted molar refractivity (Wildman–Crippen MR) is 170 cm³/mol. The van der Waals surface area contributed by atoms with Crippen molar-refractivity contribution < 1.29 is 13.4 Å². The molecule has 0 amide bonds. The maximum atomic E-state index is 14.5. The second-order valence-electron chi connectivity index (χ2n) is 14.1. The van der Waals surface area contributed by atoms with Crippen molar-refractivity contribution in [2.75, 3.05) is 6.16 Å². The van der Waals surface area contributed by atoms with Crippen LogP contribution in [0.4, 0.5) is 0 Å². The summed E-state index contributed by atoms with van der Waals surface area (Å²) in [7, 11) is -6.86. The first kappa shape index (κ1) is 31.3. The molecule has 2 aromatic carbocycles. The Kier molecular flexibility index (Phi) is 9.33. The first-order valence-corrected chi connectivity index (χ1v) is 21.9. The molecule has 2 aromatic rings. The summed E-state index contributed by atoms with van der Waals surface area (Å²) in [5.74, 6) is -0.536. The molecule has 0 aromatic heterocycles. The van der Waals surface area contributed by atoms with Crippen LogP contribution < -0.4 is 10.6 Å². The monoisotopic (exact) mass is 570 g/mol. The van der Waals surface area contributed by atoms with E-state index in [0.29, 0.717) is 6.16 Å². The van der Waals surface area contributed by atoms with E-state index in [4.69, 9.17) is 8.85 Å². The van der Waals surface area contributed by atoms with Crippen LogP contribution in [0.15, 0.2) is 72.3 Å². The van der Waals surface area contributed by atoms with Crippen molar-refractivity contribution in [2.45, 2.75) is 109 Å². The fraction of sp³-hybridized carbons (Fsp3) is 0.562. The van der Waals surface area contributed by atoms with Crippen LogP contribution in [-0.4, -0.2) is 28.6 Å². The van der Waals surface area contributed by atoms with Gasteiger partial charge in [-0.05, 0) is 49.1 Å². The minimum Gasteiger partial charge on any atom is -0.391 e. The second-order valence-corrected chi connectivity index (χ2v) is 26.4. The molecule has 0 bridgehead atoms.